The SMILES string of the molecule is CCC1(CC)CN(CCC#N)c2cc(C)ccc2O1. The van der Waals surface area contributed by atoms with E-state index < -0.39 is 0 Å². The first-order valence-corrected chi connectivity index (χ1v) is 7.05. The minimum Gasteiger partial charge on any atom is -0.483 e. The second kappa shape index (κ2) is 5.52. The van der Waals surface area contributed by atoms with Gasteiger partial charge in [-0.15, -0.1) is 0 Å². The highest BCUT2D eigenvalue weighted by Crippen LogP contribution is 2.40. The van der Waals surface area contributed by atoms with Gasteiger partial charge in [0.25, 0.3) is 0 Å². The maximum Gasteiger partial charge on any atom is 0.143 e. The first-order valence-electron chi connectivity index (χ1n) is 7.05. The van der Waals surface area contributed by atoms with Crippen LogP contribution in [-0.2, 0) is 0 Å². The van der Waals surface area contributed by atoms with E-state index in [1.807, 2.05) is 0 Å². The number of hydrogen-bond acceptors (Lipinski definition) is 3. The fraction of sp³-hybridized carbons (Fsp3) is 0.562. The minimum atomic E-state index is -0.113. The number of anilines is 1. The molecule has 1 aromatic carbocycles. The van der Waals surface area contributed by atoms with E-state index >= 15 is 0 Å². The second-order valence-corrected chi connectivity index (χ2v) is 5.29. The first-order chi connectivity index (χ1) is 9.14. The van der Waals surface area contributed by atoms with E-state index in [1.54, 1.807) is 0 Å². The average molecular weight is 258 g/mol. The van der Waals surface area contributed by atoms with Gasteiger partial charge in [0.05, 0.1) is 24.7 Å². The summed E-state index contributed by atoms with van der Waals surface area (Å²) in [5.74, 6) is 0.957. The molecule has 0 fully saturated rings. The quantitative estimate of drug-likeness (QED) is 0.826. The monoisotopic (exact) mass is 258 g/mol. The fourth-order valence-electron chi connectivity index (χ4n) is 2.66. The number of fused-ring (bicyclic) bond motifs is 1. The Morgan fingerprint density at radius 1 is 1.37 bits per heavy atom. The molecule has 0 N–H and O–H groups in total. The molecule has 1 aliphatic heterocycles. The first kappa shape index (κ1) is 13.7. The van der Waals surface area contributed by atoms with Crippen molar-refractivity contribution in [2.24, 2.45) is 0 Å². The number of hydrogen-bond donors (Lipinski definition) is 0. The highest BCUT2D eigenvalue weighted by atomic mass is 16.5. The molecule has 0 radical (unpaired) electrons. The van der Waals surface area contributed by atoms with Crippen molar-refractivity contribution in [1.29, 1.82) is 5.26 Å². The van der Waals surface area contributed by atoms with Crippen LogP contribution in [0.2, 0.25) is 0 Å². The number of ether oxygens (including phenoxy) is 1. The highest BCUT2D eigenvalue weighted by Gasteiger charge is 2.36. The summed E-state index contributed by atoms with van der Waals surface area (Å²) < 4.78 is 6.26. The van der Waals surface area contributed by atoms with E-state index in [9.17, 15) is 0 Å². The van der Waals surface area contributed by atoms with Crippen molar-refractivity contribution in [2.45, 2.75) is 45.6 Å². The van der Waals surface area contributed by atoms with Crippen LogP contribution < -0.4 is 9.64 Å². The maximum absolute atomic E-state index is 8.84. The Morgan fingerprint density at radius 2 is 2.11 bits per heavy atom. The van der Waals surface area contributed by atoms with Gasteiger partial charge in [-0.05, 0) is 37.5 Å². The molecular weight excluding hydrogens is 236 g/mol. The van der Waals surface area contributed by atoms with E-state index in [2.05, 4.69) is 49.9 Å². The van der Waals surface area contributed by atoms with Crippen molar-refractivity contribution in [3.63, 3.8) is 0 Å². The molecule has 1 aromatic rings. The molecule has 0 aliphatic carbocycles. The molecule has 0 unspecified atom stereocenters. The van der Waals surface area contributed by atoms with Crippen molar-refractivity contribution in [1.82, 2.24) is 0 Å². The zero-order chi connectivity index (χ0) is 13.9. The minimum absolute atomic E-state index is 0.113. The predicted octanol–water partition coefficient (Wildman–Crippen LogP) is 3.67. The van der Waals surface area contributed by atoms with Crippen LogP contribution in [-0.4, -0.2) is 18.7 Å². The van der Waals surface area contributed by atoms with Gasteiger partial charge in [0, 0.05) is 6.54 Å². The third kappa shape index (κ3) is 2.68. The van der Waals surface area contributed by atoms with Gasteiger partial charge in [0.2, 0.25) is 0 Å². The van der Waals surface area contributed by atoms with E-state index in [1.165, 1.54) is 5.56 Å². The third-order valence-corrected chi connectivity index (χ3v) is 4.04. The van der Waals surface area contributed by atoms with Gasteiger partial charge in [0.15, 0.2) is 0 Å². The van der Waals surface area contributed by atoms with Crippen LogP contribution in [0.5, 0.6) is 5.75 Å². The molecule has 0 saturated heterocycles. The molecule has 0 aromatic heterocycles. The van der Waals surface area contributed by atoms with Gasteiger partial charge >= 0.3 is 0 Å². The van der Waals surface area contributed by atoms with Crippen LogP contribution in [0, 0.1) is 18.3 Å². The van der Waals surface area contributed by atoms with Crippen molar-refractivity contribution in [2.75, 3.05) is 18.0 Å². The molecule has 0 bridgehead atoms. The summed E-state index contributed by atoms with van der Waals surface area (Å²) >= 11 is 0. The van der Waals surface area contributed by atoms with Crippen LogP contribution >= 0.6 is 0 Å². The second-order valence-electron chi connectivity index (χ2n) is 5.29. The molecule has 19 heavy (non-hydrogen) atoms. The summed E-state index contributed by atoms with van der Waals surface area (Å²) in [7, 11) is 0. The lowest BCUT2D eigenvalue weighted by molar-refractivity contribution is 0.0576. The standard InChI is InChI=1S/C16H22N2O/c1-4-16(5-2)12-18(10-6-9-17)14-11-13(3)7-8-15(14)19-16/h7-8,11H,4-6,10,12H2,1-3H3. The lowest BCUT2D eigenvalue weighted by Crippen LogP contribution is -2.50. The fourth-order valence-corrected chi connectivity index (χ4v) is 2.66. The summed E-state index contributed by atoms with van der Waals surface area (Å²) in [6.07, 6.45) is 2.52. The third-order valence-electron chi connectivity index (χ3n) is 4.04. The van der Waals surface area contributed by atoms with Gasteiger partial charge < -0.3 is 9.64 Å². The molecule has 3 heteroatoms. The lowest BCUT2D eigenvalue weighted by Gasteiger charge is -2.44. The number of benzene rings is 1. The Morgan fingerprint density at radius 3 is 2.74 bits per heavy atom. The number of nitriles is 1. The molecule has 0 atom stereocenters. The molecule has 2 rings (SSSR count). The normalized spacial score (nSPS) is 16.4. The maximum atomic E-state index is 8.84. The Hall–Kier alpha value is -1.69. The summed E-state index contributed by atoms with van der Waals surface area (Å²) in [6.45, 7) is 8.08. The van der Waals surface area contributed by atoms with Crippen molar-refractivity contribution in [3.8, 4) is 11.8 Å². The van der Waals surface area contributed by atoms with Crippen LogP contribution in [0.25, 0.3) is 0 Å². The number of aryl methyl sites for hydroxylation is 1. The van der Waals surface area contributed by atoms with Crippen LogP contribution in [0.3, 0.4) is 0 Å². The Kier molecular flexibility index (Phi) is 3.99. The molecule has 0 amide bonds. The molecule has 1 heterocycles. The molecule has 3 nitrogen and oxygen atoms in total. The molecule has 0 saturated carbocycles. The zero-order valence-electron chi connectivity index (χ0n) is 12.1. The molecule has 1 aliphatic rings. The lowest BCUT2D eigenvalue weighted by atomic mass is 9.93. The average Bonchev–Trinajstić information content (AvgIpc) is 2.44. The van der Waals surface area contributed by atoms with Crippen molar-refractivity contribution < 1.29 is 4.74 Å². The smallest absolute Gasteiger partial charge is 0.143 e. The number of rotatable bonds is 4. The van der Waals surface area contributed by atoms with Gasteiger partial charge in [-0.2, -0.15) is 5.26 Å². The summed E-state index contributed by atoms with van der Waals surface area (Å²) in [4.78, 5) is 2.31. The predicted molar refractivity (Wildman–Crippen MR) is 77.6 cm³/mol. The van der Waals surface area contributed by atoms with E-state index in [0.29, 0.717) is 6.42 Å². The van der Waals surface area contributed by atoms with E-state index in [-0.39, 0.29) is 5.60 Å². The topological polar surface area (TPSA) is 36.3 Å². The largest absolute Gasteiger partial charge is 0.483 e. The van der Waals surface area contributed by atoms with Crippen LogP contribution in [0.4, 0.5) is 5.69 Å². The van der Waals surface area contributed by atoms with Crippen LogP contribution in [0.1, 0.15) is 38.7 Å². The highest BCUT2D eigenvalue weighted by molar-refractivity contribution is 5.62. The van der Waals surface area contributed by atoms with Crippen molar-refractivity contribution in [3.05, 3.63) is 23.8 Å². The Bertz CT molecular complexity index is 486. The van der Waals surface area contributed by atoms with Gasteiger partial charge in [-0.25, -0.2) is 0 Å². The van der Waals surface area contributed by atoms with Gasteiger partial charge in [-0.1, -0.05) is 19.9 Å². The summed E-state index contributed by atoms with van der Waals surface area (Å²) in [5.41, 5.74) is 2.25. The van der Waals surface area contributed by atoms with Gasteiger partial charge in [-0.3, -0.25) is 0 Å². The van der Waals surface area contributed by atoms with Crippen LogP contribution in [0.15, 0.2) is 18.2 Å². The molecule has 0 spiro atoms. The molecule has 102 valence electrons. The number of nitrogens with zero attached hydrogens (tertiary/aromatic N) is 2. The summed E-state index contributed by atoms with van der Waals surface area (Å²) in [5, 5.41) is 8.84. The van der Waals surface area contributed by atoms with Gasteiger partial charge in [0.1, 0.15) is 11.4 Å². The Labute approximate surface area is 115 Å². The Balaban J connectivity index is 2.37. The summed E-state index contributed by atoms with van der Waals surface area (Å²) in [6, 6.07) is 8.54. The zero-order valence-corrected chi connectivity index (χ0v) is 12.1. The molecular formula is C16H22N2O. The van der Waals surface area contributed by atoms with E-state index in [4.69, 9.17) is 10.00 Å². The van der Waals surface area contributed by atoms with E-state index in [0.717, 1.165) is 37.4 Å². The van der Waals surface area contributed by atoms with Crippen molar-refractivity contribution >= 4 is 5.69 Å².